The summed E-state index contributed by atoms with van der Waals surface area (Å²) in [5.41, 5.74) is 1.05. The van der Waals surface area contributed by atoms with Crippen LogP contribution in [0.3, 0.4) is 0 Å². The Morgan fingerprint density at radius 2 is 2.22 bits per heavy atom. The second-order valence-electron chi connectivity index (χ2n) is 5.45. The summed E-state index contributed by atoms with van der Waals surface area (Å²) >= 11 is 3.38. The predicted molar refractivity (Wildman–Crippen MR) is 74.9 cm³/mol. The Kier molecular flexibility index (Phi) is 3.66. The fourth-order valence-corrected chi connectivity index (χ4v) is 2.59. The standard InChI is InChI=1S/C14H18BrNO2/c1-14(2)7-10(14)8-16-13(17)9-4-5-12(18-3)11(15)6-9/h4-6,10H,7-8H2,1-3H3,(H,16,17). The zero-order valence-corrected chi connectivity index (χ0v) is 12.5. The fourth-order valence-electron chi connectivity index (χ4n) is 2.05. The molecule has 1 atom stereocenters. The molecular formula is C14H18BrNO2. The number of halogens is 1. The van der Waals surface area contributed by atoms with Crippen LogP contribution in [-0.4, -0.2) is 19.6 Å². The van der Waals surface area contributed by atoms with Gasteiger partial charge in [0.25, 0.3) is 5.91 Å². The monoisotopic (exact) mass is 311 g/mol. The van der Waals surface area contributed by atoms with Crippen molar-refractivity contribution >= 4 is 21.8 Å². The molecule has 1 aromatic carbocycles. The van der Waals surface area contributed by atoms with E-state index in [4.69, 9.17) is 4.74 Å². The molecule has 3 nitrogen and oxygen atoms in total. The van der Waals surface area contributed by atoms with Gasteiger partial charge in [0.15, 0.2) is 0 Å². The number of nitrogens with one attached hydrogen (secondary N) is 1. The average Bonchev–Trinajstić information content (AvgIpc) is 2.94. The van der Waals surface area contributed by atoms with Gasteiger partial charge in [-0.3, -0.25) is 4.79 Å². The minimum absolute atomic E-state index is 0.0268. The summed E-state index contributed by atoms with van der Waals surface area (Å²) in [5.74, 6) is 1.32. The minimum atomic E-state index is -0.0268. The molecule has 98 valence electrons. The maximum absolute atomic E-state index is 12.0. The number of methoxy groups -OCH3 is 1. The number of hydrogen-bond acceptors (Lipinski definition) is 2. The van der Waals surface area contributed by atoms with E-state index in [1.54, 1.807) is 25.3 Å². The molecule has 2 rings (SSSR count). The highest BCUT2D eigenvalue weighted by Crippen LogP contribution is 2.50. The molecule has 1 aliphatic carbocycles. The van der Waals surface area contributed by atoms with Gasteiger partial charge in [0, 0.05) is 12.1 Å². The van der Waals surface area contributed by atoms with Crippen molar-refractivity contribution in [2.24, 2.45) is 11.3 Å². The van der Waals surface area contributed by atoms with Gasteiger partial charge in [-0.15, -0.1) is 0 Å². The molecule has 1 fully saturated rings. The van der Waals surface area contributed by atoms with E-state index in [9.17, 15) is 4.79 Å². The second kappa shape index (κ2) is 4.92. The molecule has 1 aliphatic rings. The van der Waals surface area contributed by atoms with E-state index >= 15 is 0 Å². The number of ether oxygens (including phenoxy) is 1. The van der Waals surface area contributed by atoms with E-state index in [0.29, 0.717) is 16.9 Å². The van der Waals surface area contributed by atoms with Crippen molar-refractivity contribution in [3.05, 3.63) is 28.2 Å². The maximum Gasteiger partial charge on any atom is 0.251 e. The van der Waals surface area contributed by atoms with E-state index in [-0.39, 0.29) is 5.91 Å². The Balaban J connectivity index is 1.95. The largest absolute Gasteiger partial charge is 0.496 e. The second-order valence-corrected chi connectivity index (χ2v) is 6.30. The highest BCUT2D eigenvalue weighted by Gasteiger charge is 2.45. The van der Waals surface area contributed by atoms with E-state index in [0.717, 1.165) is 16.8 Å². The topological polar surface area (TPSA) is 38.3 Å². The van der Waals surface area contributed by atoms with Crippen molar-refractivity contribution in [1.82, 2.24) is 5.32 Å². The maximum atomic E-state index is 12.0. The van der Waals surface area contributed by atoms with Crippen molar-refractivity contribution in [2.45, 2.75) is 20.3 Å². The third kappa shape index (κ3) is 2.86. The SMILES string of the molecule is COc1ccc(C(=O)NCC2CC2(C)C)cc1Br. The lowest BCUT2D eigenvalue weighted by molar-refractivity contribution is 0.0950. The summed E-state index contributed by atoms with van der Waals surface area (Å²) in [6.45, 7) is 5.22. The van der Waals surface area contributed by atoms with Gasteiger partial charge in [0.2, 0.25) is 0 Å². The van der Waals surface area contributed by atoms with Gasteiger partial charge in [-0.2, -0.15) is 0 Å². The van der Waals surface area contributed by atoms with Gasteiger partial charge in [-0.25, -0.2) is 0 Å². The van der Waals surface area contributed by atoms with Crippen LogP contribution in [-0.2, 0) is 0 Å². The van der Waals surface area contributed by atoms with Crippen molar-refractivity contribution in [1.29, 1.82) is 0 Å². The van der Waals surface area contributed by atoms with E-state index < -0.39 is 0 Å². The number of hydrogen-bond donors (Lipinski definition) is 1. The molecule has 0 saturated heterocycles. The predicted octanol–water partition coefficient (Wildman–Crippen LogP) is 3.23. The van der Waals surface area contributed by atoms with E-state index in [1.807, 2.05) is 0 Å². The number of benzene rings is 1. The smallest absolute Gasteiger partial charge is 0.251 e. The summed E-state index contributed by atoms with van der Waals surface area (Å²) in [5, 5.41) is 2.98. The van der Waals surface area contributed by atoms with Crippen LogP contribution in [0.2, 0.25) is 0 Å². The molecule has 18 heavy (non-hydrogen) atoms. The van der Waals surface area contributed by atoms with Crippen molar-refractivity contribution < 1.29 is 9.53 Å². The molecule has 1 amide bonds. The Morgan fingerprint density at radius 3 is 2.72 bits per heavy atom. The first-order valence-electron chi connectivity index (χ1n) is 6.06. The number of carbonyl (C=O) groups is 1. The van der Waals surface area contributed by atoms with Crippen LogP contribution >= 0.6 is 15.9 Å². The van der Waals surface area contributed by atoms with Crippen molar-refractivity contribution in [3.63, 3.8) is 0 Å². The van der Waals surface area contributed by atoms with Gasteiger partial charge < -0.3 is 10.1 Å². The Bertz CT molecular complexity index is 471. The quantitative estimate of drug-likeness (QED) is 0.927. The van der Waals surface area contributed by atoms with Crippen LogP contribution in [0.25, 0.3) is 0 Å². The number of carbonyl (C=O) groups excluding carboxylic acids is 1. The van der Waals surface area contributed by atoms with E-state index in [1.165, 1.54) is 6.42 Å². The van der Waals surface area contributed by atoms with Crippen molar-refractivity contribution in [2.75, 3.05) is 13.7 Å². The van der Waals surface area contributed by atoms with Gasteiger partial charge in [0.05, 0.1) is 11.6 Å². The van der Waals surface area contributed by atoms with Crippen LogP contribution < -0.4 is 10.1 Å². The first kappa shape index (κ1) is 13.4. The van der Waals surface area contributed by atoms with Gasteiger partial charge in [-0.05, 0) is 51.9 Å². The first-order chi connectivity index (χ1) is 8.44. The average molecular weight is 312 g/mol. The molecule has 1 saturated carbocycles. The molecule has 0 heterocycles. The van der Waals surface area contributed by atoms with Crippen LogP contribution in [0.1, 0.15) is 30.6 Å². The first-order valence-corrected chi connectivity index (χ1v) is 6.85. The molecule has 1 N–H and O–H groups in total. The summed E-state index contributed by atoms with van der Waals surface area (Å²) in [6.07, 6.45) is 1.19. The highest BCUT2D eigenvalue weighted by molar-refractivity contribution is 9.10. The molecule has 0 bridgehead atoms. The molecule has 4 heteroatoms. The Morgan fingerprint density at radius 1 is 1.56 bits per heavy atom. The Labute approximate surface area is 116 Å². The fraction of sp³-hybridized carbons (Fsp3) is 0.500. The molecule has 1 aromatic rings. The molecular weight excluding hydrogens is 294 g/mol. The zero-order chi connectivity index (χ0) is 13.3. The normalized spacial score (nSPS) is 20.3. The van der Waals surface area contributed by atoms with E-state index in [2.05, 4.69) is 35.1 Å². The van der Waals surface area contributed by atoms with Crippen LogP contribution in [0, 0.1) is 11.3 Å². The number of amides is 1. The Hall–Kier alpha value is -1.03. The van der Waals surface area contributed by atoms with Crippen LogP contribution in [0.15, 0.2) is 22.7 Å². The van der Waals surface area contributed by atoms with Gasteiger partial charge >= 0.3 is 0 Å². The minimum Gasteiger partial charge on any atom is -0.496 e. The third-order valence-electron chi connectivity index (χ3n) is 3.64. The third-order valence-corrected chi connectivity index (χ3v) is 4.26. The van der Waals surface area contributed by atoms with Crippen molar-refractivity contribution in [3.8, 4) is 5.75 Å². The molecule has 1 unspecified atom stereocenters. The zero-order valence-electron chi connectivity index (χ0n) is 10.9. The van der Waals surface area contributed by atoms with Crippen LogP contribution in [0.4, 0.5) is 0 Å². The lowest BCUT2D eigenvalue weighted by Gasteiger charge is -2.08. The van der Waals surface area contributed by atoms with Gasteiger partial charge in [-0.1, -0.05) is 13.8 Å². The number of rotatable bonds is 4. The molecule has 0 aromatic heterocycles. The summed E-state index contributed by atoms with van der Waals surface area (Å²) < 4.78 is 5.93. The molecule has 0 radical (unpaired) electrons. The lowest BCUT2D eigenvalue weighted by atomic mass is 10.1. The molecule has 0 spiro atoms. The molecule has 0 aliphatic heterocycles. The van der Waals surface area contributed by atoms with Crippen LogP contribution in [0.5, 0.6) is 5.75 Å². The summed E-state index contributed by atoms with van der Waals surface area (Å²) in [4.78, 5) is 12.0. The summed E-state index contributed by atoms with van der Waals surface area (Å²) in [7, 11) is 1.61. The summed E-state index contributed by atoms with van der Waals surface area (Å²) in [6, 6.07) is 5.35. The van der Waals surface area contributed by atoms with Gasteiger partial charge in [0.1, 0.15) is 5.75 Å². The lowest BCUT2D eigenvalue weighted by Crippen LogP contribution is -2.26. The highest BCUT2D eigenvalue weighted by atomic mass is 79.9.